The molecule has 0 aromatic heterocycles. The summed E-state index contributed by atoms with van der Waals surface area (Å²) >= 11 is 0. The van der Waals surface area contributed by atoms with Crippen LogP contribution in [0.2, 0.25) is 24.7 Å². The molecule has 4 aliphatic carbocycles. The maximum Gasteiger partial charge on any atom is 0.0505 e. The quantitative estimate of drug-likeness (QED) is 0.564. The monoisotopic (exact) mass is 208 g/mol. The molecular formula is C13H24Si. The van der Waals surface area contributed by atoms with E-state index < -0.39 is 8.07 Å². The van der Waals surface area contributed by atoms with Crippen LogP contribution in [0.1, 0.15) is 38.5 Å². The summed E-state index contributed by atoms with van der Waals surface area (Å²) in [6, 6.07) is 0. The molecule has 4 aliphatic rings. The Morgan fingerprint density at radius 3 is 1.43 bits per heavy atom. The minimum absolute atomic E-state index is 0.877. The first kappa shape index (κ1) is 9.44. The molecule has 80 valence electrons. The molecule has 0 radical (unpaired) electrons. The Kier molecular flexibility index (Phi) is 1.80. The molecule has 0 amide bonds. The van der Waals surface area contributed by atoms with Crippen molar-refractivity contribution < 1.29 is 0 Å². The molecule has 4 bridgehead atoms. The van der Waals surface area contributed by atoms with E-state index in [4.69, 9.17) is 0 Å². The maximum absolute atomic E-state index is 2.63. The lowest BCUT2D eigenvalue weighted by Gasteiger charge is -2.61. The van der Waals surface area contributed by atoms with Gasteiger partial charge in [0.1, 0.15) is 0 Å². The highest BCUT2D eigenvalue weighted by Gasteiger charge is 2.55. The van der Waals surface area contributed by atoms with Gasteiger partial charge in [0.25, 0.3) is 0 Å². The highest BCUT2D eigenvalue weighted by molar-refractivity contribution is 6.79. The third-order valence-electron chi connectivity index (χ3n) is 5.63. The molecule has 0 unspecified atom stereocenters. The minimum atomic E-state index is -0.909. The standard InChI is InChI=1S/C13H24Si/c1-14(2,3)13-7-10-4-11(8-13)6-12(5-10)9-13/h10-12H,4-9H2,1-3H3. The minimum Gasteiger partial charge on any atom is -0.0691 e. The average Bonchev–Trinajstić information content (AvgIpc) is 1.98. The first-order chi connectivity index (χ1) is 6.48. The van der Waals surface area contributed by atoms with Gasteiger partial charge in [-0.3, -0.25) is 0 Å². The highest BCUT2D eigenvalue weighted by atomic mass is 28.3. The van der Waals surface area contributed by atoms with E-state index in [9.17, 15) is 0 Å². The maximum atomic E-state index is 2.63. The zero-order valence-corrected chi connectivity index (χ0v) is 11.0. The Bertz CT molecular complexity index is 213. The van der Waals surface area contributed by atoms with Gasteiger partial charge in [0.2, 0.25) is 0 Å². The van der Waals surface area contributed by atoms with Gasteiger partial charge in [0, 0.05) is 0 Å². The van der Waals surface area contributed by atoms with Crippen LogP contribution >= 0.6 is 0 Å². The largest absolute Gasteiger partial charge is 0.0691 e. The van der Waals surface area contributed by atoms with Gasteiger partial charge in [-0.2, -0.15) is 0 Å². The van der Waals surface area contributed by atoms with Crippen molar-refractivity contribution in [3.63, 3.8) is 0 Å². The summed E-state index contributed by atoms with van der Waals surface area (Å²) in [6.45, 7) is 7.88. The van der Waals surface area contributed by atoms with Crippen molar-refractivity contribution in [1.29, 1.82) is 0 Å². The van der Waals surface area contributed by atoms with Crippen molar-refractivity contribution in [3.05, 3.63) is 0 Å². The lowest BCUT2D eigenvalue weighted by atomic mass is 9.56. The molecular weight excluding hydrogens is 184 g/mol. The van der Waals surface area contributed by atoms with E-state index in [0.717, 1.165) is 22.8 Å². The molecule has 0 nitrogen and oxygen atoms in total. The highest BCUT2D eigenvalue weighted by Crippen LogP contribution is 2.67. The lowest BCUT2D eigenvalue weighted by Crippen LogP contribution is -2.52. The Labute approximate surface area is 89.5 Å². The van der Waals surface area contributed by atoms with Gasteiger partial charge >= 0.3 is 0 Å². The summed E-state index contributed by atoms with van der Waals surface area (Å²) in [4.78, 5) is 0. The molecule has 0 saturated heterocycles. The van der Waals surface area contributed by atoms with Crippen LogP contribution in [0.25, 0.3) is 0 Å². The van der Waals surface area contributed by atoms with Crippen molar-refractivity contribution in [2.45, 2.75) is 63.2 Å². The summed E-state index contributed by atoms with van der Waals surface area (Å²) in [7, 11) is -0.909. The van der Waals surface area contributed by atoms with E-state index in [0.29, 0.717) is 0 Å². The van der Waals surface area contributed by atoms with Crippen molar-refractivity contribution >= 4 is 8.07 Å². The van der Waals surface area contributed by atoms with Gasteiger partial charge in [0.15, 0.2) is 0 Å². The molecule has 0 N–H and O–H groups in total. The van der Waals surface area contributed by atoms with Crippen LogP contribution in [0.5, 0.6) is 0 Å². The van der Waals surface area contributed by atoms with Crippen molar-refractivity contribution in [1.82, 2.24) is 0 Å². The van der Waals surface area contributed by atoms with Crippen molar-refractivity contribution in [2.24, 2.45) is 17.8 Å². The third kappa shape index (κ3) is 1.17. The normalized spacial score (nSPS) is 51.2. The predicted molar refractivity (Wildman–Crippen MR) is 64.2 cm³/mol. The van der Waals surface area contributed by atoms with Gasteiger partial charge in [-0.05, 0) is 61.3 Å². The van der Waals surface area contributed by atoms with Gasteiger partial charge in [-0.1, -0.05) is 19.6 Å². The van der Waals surface area contributed by atoms with E-state index in [1.54, 1.807) is 38.5 Å². The fourth-order valence-electron chi connectivity index (χ4n) is 5.03. The molecule has 1 heteroatoms. The summed E-state index contributed by atoms with van der Waals surface area (Å²) < 4.78 is 0. The number of rotatable bonds is 1. The second-order valence-electron chi connectivity index (χ2n) is 7.45. The van der Waals surface area contributed by atoms with Crippen LogP contribution in [0.4, 0.5) is 0 Å². The molecule has 0 aliphatic heterocycles. The Morgan fingerprint density at radius 2 is 1.14 bits per heavy atom. The molecule has 0 atom stereocenters. The Hall–Kier alpha value is 0.217. The first-order valence-electron chi connectivity index (χ1n) is 6.48. The first-order valence-corrected chi connectivity index (χ1v) is 9.98. The summed E-state index contributed by atoms with van der Waals surface area (Å²) in [5.41, 5.74) is 0. The van der Waals surface area contributed by atoms with Crippen molar-refractivity contribution in [2.75, 3.05) is 0 Å². The van der Waals surface area contributed by atoms with Gasteiger partial charge in [-0.15, -0.1) is 0 Å². The summed E-state index contributed by atoms with van der Waals surface area (Å²) in [5.74, 6) is 3.44. The van der Waals surface area contributed by atoms with E-state index in [1.807, 2.05) is 0 Å². The van der Waals surface area contributed by atoms with Crippen LogP contribution in [0.15, 0.2) is 0 Å². The SMILES string of the molecule is C[Si](C)(C)C12CC3CC(CC(C3)C1)C2. The molecule has 4 fully saturated rings. The molecule has 0 aromatic rings. The van der Waals surface area contributed by atoms with Gasteiger partial charge < -0.3 is 0 Å². The van der Waals surface area contributed by atoms with Crippen LogP contribution in [-0.2, 0) is 0 Å². The molecule has 14 heavy (non-hydrogen) atoms. The summed E-state index contributed by atoms with van der Waals surface area (Å²) in [5, 5.41) is 0.877. The molecule has 4 rings (SSSR count). The van der Waals surface area contributed by atoms with E-state index in [2.05, 4.69) is 19.6 Å². The fourth-order valence-corrected chi connectivity index (χ4v) is 7.73. The van der Waals surface area contributed by atoms with Gasteiger partial charge in [-0.25, -0.2) is 0 Å². The molecule has 0 spiro atoms. The zero-order chi connectivity index (χ0) is 9.97. The Morgan fingerprint density at radius 1 is 0.786 bits per heavy atom. The van der Waals surface area contributed by atoms with Gasteiger partial charge in [0.05, 0.1) is 8.07 Å². The van der Waals surface area contributed by atoms with Crippen LogP contribution in [-0.4, -0.2) is 8.07 Å². The number of hydrogen-bond donors (Lipinski definition) is 0. The Balaban J connectivity index is 1.95. The third-order valence-corrected chi connectivity index (χ3v) is 9.42. The van der Waals surface area contributed by atoms with Crippen LogP contribution in [0, 0.1) is 17.8 Å². The van der Waals surface area contributed by atoms with Crippen molar-refractivity contribution in [3.8, 4) is 0 Å². The number of hydrogen-bond acceptors (Lipinski definition) is 0. The van der Waals surface area contributed by atoms with Crippen LogP contribution < -0.4 is 0 Å². The smallest absolute Gasteiger partial charge is 0.0505 e. The lowest BCUT2D eigenvalue weighted by molar-refractivity contribution is 0.0252. The van der Waals surface area contributed by atoms with E-state index in [-0.39, 0.29) is 0 Å². The zero-order valence-electron chi connectivity index (χ0n) is 9.97. The molecule has 0 heterocycles. The van der Waals surface area contributed by atoms with E-state index >= 15 is 0 Å². The molecule has 4 saturated carbocycles. The topological polar surface area (TPSA) is 0 Å². The summed E-state index contributed by atoms with van der Waals surface area (Å²) in [6.07, 6.45) is 9.66. The fraction of sp³-hybridized carbons (Fsp3) is 1.00. The van der Waals surface area contributed by atoms with E-state index in [1.165, 1.54) is 0 Å². The second kappa shape index (κ2) is 2.66. The second-order valence-corrected chi connectivity index (χ2v) is 13.0. The molecule has 0 aromatic carbocycles. The van der Waals surface area contributed by atoms with Crippen LogP contribution in [0.3, 0.4) is 0 Å². The predicted octanol–water partition coefficient (Wildman–Crippen LogP) is 4.30. The average molecular weight is 208 g/mol.